The number of sulfonamides is 1. The van der Waals surface area contributed by atoms with E-state index in [0.717, 1.165) is 18.4 Å². The van der Waals surface area contributed by atoms with E-state index in [0.29, 0.717) is 5.92 Å². The van der Waals surface area contributed by atoms with Crippen molar-refractivity contribution < 1.29 is 13.2 Å². The molecule has 21 heavy (non-hydrogen) atoms. The third-order valence-corrected chi connectivity index (χ3v) is 7.93. The van der Waals surface area contributed by atoms with Crippen molar-refractivity contribution in [2.45, 2.75) is 60.4 Å². The first-order valence-corrected chi connectivity index (χ1v) is 9.31. The Hall–Kier alpha value is -0.840. The van der Waals surface area contributed by atoms with Gasteiger partial charge in [-0.15, -0.1) is 0 Å². The lowest BCUT2D eigenvalue weighted by Crippen LogP contribution is -2.44. The molecule has 0 bridgehead atoms. The molecule has 2 aliphatic rings. The summed E-state index contributed by atoms with van der Waals surface area (Å²) >= 11 is 0. The van der Waals surface area contributed by atoms with E-state index in [1.54, 1.807) is 0 Å². The van der Waals surface area contributed by atoms with Crippen LogP contribution in [0.4, 0.5) is 0 Å². The van der Waals surface area contributed by atoms with Gasteiger partial charge in [0, 0.05) is 11.5 Å². The number of carbonyl (C=O) groups excluding carboxylic acids is 1. The molecule has 1 unspecified atom stereocenters. The summed E-state index contributed by atoms with van der Waals surface area (Å²) in [5.74, 6) is 0.126. The molecule has 0 spiro atoms. The average molecular weight is 313 g/mol. The van der Waals surface area contributed by atoms with Gasteiger partial charge in [0.15, 0.2) is 0 Å². The number of carbonyl (C=O) groups is 1. The highest BCUT2D eigenvalue weighted by atomic mass is 32.2. The van der Waals surface area contributed by atoms with Crippen LogP contribution in [0.3, 0.4) is 0 Å². The first kappa shape index (κ1) is 16.5. The van der Waals surface area contributed by atoms with Crippen molar-refractivity contribution in [1.82, 2.24) is 4.31 Å². The number of allylic oxidation sites excluding steroid dienone is 1. The van der Waals surface area contributed by atoms with Gasteiger partial charge in [-0.1, -0.05) is 33.3 Å². The van der Waals surface area contributed by atoms with Crippen LogP contribution < -0.4 is 0 Å². The topological polar surface area (TPSA) is 54.5 Å². The molecule has 0 aromatic rings. The second kappa shape index (κ2) is 4.83. The zero-order valence-corrected chi connectivity index (χ0v) is 14.8. The third-order valence-electron chi connectivity index (χ3n) is 6.01. The van der Waals surface area contributed by atoms with Crippen molar-refractivity contribution in [1.29, 1.82) is 0 Å². The zero-order valence-electron chi connectivity index (χ0n) is 13.9. The predicted molar refractivity (Wildman–Crippen MR) is 84.1 cm³/mol. The summed E-state index contributed by atoms with van der Waals surface area (Å²) in [6.45, 7) is 12.2. The van der Waals surface area contributed by atoms with Crippen LogP contribution in [0.1, 0.15) is 54.4 Å². The number of nitrogens with zero attached hydrogens (tertiary/aromatic N) is 1. The molecule has 0 radical (unpaired) electrons. The first-order chi connectivity index (χ1) is 9.49. The predicted octanol–water partition coefficient (Wildman–Crippen LogP) is 2.96. The Morgan fingerprint density at radius 1 is 1.33 bits per heavy atom. The lowest BCUT2D eigenvalue weighted by molar-refractivity contribution is -0.124. The number of hydrogen-bond donors (Lipinski definition) is 0. The van der Waals surface area contributed by atoms with E-state index in [-0.39, 0.29) is 28.5 Å². The van der Waals surface area contributed by atoms with E-state index in [1.165, 1.54) is 10.4 Å². The van der Waals surface area contributed by atoms with Crippen LogP contribution in [-0.4, -0.2) is 30.4 Å². The summed E-state index contributed by atoms with van der Waals surface area (Å²) in [5, 5.41) is 0. The number of rotatable bonds is 2. The fourth-order valence-electron chi connectivity index (χ4n) is 4.36. The fraction of sp³-hybridized carbons (Fsp3) is 0.812. The first-order valence-electron chi connectivity index (χ1n) is 7.70. The quantitative estimate of drug-likeness (QED) is 0.737. The van der Waals surface area contributed by atoms with E-state index in [2.05, 4.69) is 27.7 Å². The van der Waals surface area contributed by atoms with Crippen LogP contribution in [0.2, 0.25) is 0 Å². The Balaban J connectivity index is 2.56. The molecular formula is C16H27NO3S. The Morgan fingerprint density at radius 2 is 1.90 bits per heavy atom. The second-order valence-corrected chi connectivity index (χ2v) is 9.34. The molecule has 1 aliphatic carbocycles. The van der Waals surface area contributed by atoms with E-state index in [1.807, 2.05) is 13.8 Å². The van der Waals surface area contributed by atoms with Crippen molar-refractivity contribution in [3.8, 4) is 0 Å². The highest BCUT2D eigenvalue weighted by Gasteiger charge is 2.67. The second-order valence-electron chi connectivity index (χ2n) is 7.50. The molecule has 5 heteroatoms. The molecule has 1 amide bonds. The summed E-state index contributed by atoms with van der Waals surface area (Å²) in [6.07, 6.45) is 2.99. The maximum atomic E-state index is 12.6. The van der Waals surface area contributed by atoms with Crippen LogP contribution in [0.5, 0.6) is 0 Å². The Kier molecular flexibility index (Phi) is 3.80. The molecular weight excluding hydrogens is 286 g/mol. The maximum Gasteiger partial charge on any atom is 0.260 e. The van der Waals surface area contributed by atoms with Gasteiger partial charge in [-0.25, -0.2) is 12.7 Å². The highest BCUT2D eigenvalue weighted by molar-refractivity contribution is 7.90. The Morgan fingerprint density at radius 3 is 2.38 bits per heavy atom. The average Bonchev–Trinajstić information content (AvgIpc) is 2.65. The summed E-state index contributed by atoms with van der Waals surface area (Å²) in [7, 11) is -3.52. The number of hydrogen-bond acceptors (Lipinski definition) is 3. The number of fused-ring (bicyclic) bond motifs is 1. The van der Waals surface area contributed by atoms with Crippen molar-refractivity contribution in [3.05, 3.63) is 11.6 Å². The molecule has 1 aliphatic heterocycles. The SMILES string of the molecule is CCC12CS(=O)(=O)N(C(=O)C=C(C)C)[C@H]1C[C@H](C)C2(C)C. The van der Waals surface area contributed by atoms with Gasteiger partial charge in [0.2, 0.25) is 10.0 Å². The molecule has 120 valence electrons. The van der Waals surface area contributed by atoms with Crippen LogP contribution >= 0.6 is 0 Å². The van der Waals surface area contributed by atoms with Crippen molar-refractivity contribution in [2.24, 2.45) is 16.7 Å². The van der Waals surface area contributed by atoms with Gasteiger partial charge in [-0.2, -0.15) is 0 Å². The minimum absolute atomic E-state index is 0.0838. The van der Waals surface area contributed by atoms with E-state index in [9.17, 15) is 13.2 Å². The molecule has 2 rings (SSSR count). The summed E-state index contributed by atoms with van der Waals surface area (Å²) in [4.78, 5) is 12.5. The molecule has 0 N–H and O–H groups in total. The fourth-order valence-corrected chi connectivity index (χ4v) is 6.92. The van der Waals surface area contributed by atoms with E-state index >= 15 is 0 Å². The smallest absolute Gasteiger partial charge is 0.260 e. The molecule has 3 atom stereocenters. The minimum atomic E-state index is -3.52. The van der Waals surface area contributed by atoms with Gasteiger partial charge in [-0.05, 0) is 38.0 Å². The summed E-state index contributed by atoms with van der Waals surface area (Å²) in [5.41, 5.74) is 0.421. The largest absolute Gasteiger partial charge is 0.269 e. The van der Waals surface area contributed by atoms with Gasteiger partial charge in [0.1, 0.15) is 0 Å². The standard InChI is InChI=1S/C16H27NO3S/c1-7-16-10-21(19,20)17(14(18)8-11(2)3)13(16)9-12(4)15(16,5)6/h8,12-13H,7,9-10H2,1-6H3/t12-,13-,16?/m0/s1. The Labute approximate surface area is 128 Å². The van der Waals surface area contributed by atoms with Crippen LogP contribution in [-0.2, 0) is 14.8 Å². The molecule has 0 aromatic heterocycles. The lowest BCUT2D eigenvalue weighted by atomic mass is 9.63. The minimum Gasteiger partial charge on any atom is -0.269 e. The van der Waals surface area contributed by atoms with Gasteiger partial charge < -0.3 is 0 Å². The normalized spacial score (nSPS) is 36.4. The summed E-state index contributed by atoms with van der Waals surface area (Å²) in [6, 6.07) is -0.194. The van der Waals surface area contributed by atoms with Crippen molar-refractivity contribution >= 4 is 15.9 Å². The molecule has 2 fully saturated rings. The highest BCUT2D eigenvalue weighted by Crippen LogP contribution is 2.63. The van der Waals surface area contributed by atoms with Crippen molar-refractivity contribution in [3.63, 3.8) is 0 Å². The zero-order chi connectivity index (χ0) is 16.2. The molecule has 1 saturated heterocycles. The van der Waals surface area contributed by atoms with Gasteiger partial charge in [0.25, 0.3) is 5.91 Å². The molecule has 4 nitrogen and oxygen atoms in total. The van der Waals surface area contributed by atoms with Gasteiger partial charge in [-0.3, -0.25) is 4.79 Å². The Bertz CT molecular complexity index is 587. The van der Waals surface area contributed by atoms with E-state index < -0.39 is 10.0 Å². The van der Waals surface area contributed by atoms with Gasteiger partial charge in [0.05, 0.1) is 11.8 Å². The molecule has 0 aromatic carbocycles. The monoisotopic (exact) mass is 313 g/mol. The molecule has 1 heterocycles. The van der Waals surface area contributed by atoms with E-state index in [4.69, 9.17) is 0 Å². The van der Waals surface area contributed by atoms with Gasteiger partial charge >= 0.3 is 0 Å². The van der Waals surface area contributed by atoms with Crippen LogP contribution in [0.15, 0.2) is 11.6 Å². The van der Waals surface area contributed by atoms with Crippen molar-refractivity contribution in [2.75, 3.05) is 5.75 Å². The summed E-state index contributed by atoms with van der Waals surface area (Å²) < 4.78 is 26.5. The maximum absolute atomic E-state index is 12.6. The molecule has 1 saturated carbocycles. The van der Waals surface area contributed by atoms with Crippen LogP contribution in [0.25, 0.3) is 0 Å². The number of amides is 1. The lowest BCUT2D eigenvalue weighted by Gasteiger charge is -2.41. The van der Waals surface area contributed by atoms with Crippen LogP contribution in [0, 0.1) is 16.7 Å². The third kappa shape index (κ3) is 2.16.